The van der Waals surface area contributed by atoms with Crippen LogP contribution in [0, 0.1) is 0 Å². The van der Waals surface area contributed by atoms with Crippen molar-refractivity contribution >= 4 is 6.29 Å². The smallest absolute Gasteiger partial charge is 0.186 e. The lowest BCUT2D eigenvalue weighted by molar-refractivity contribution is -0.280. The predicted molar refractivity (Wildman–Crippen MR) is 39.8 cm³/mol. The Morgan fingerprint density at radius 3 is 2.31 bits per heavy atom. The topological polar surface area (TPSA) is 96.2 Å². The van der Waals surface area contributed by atoms with Crippen molar-refractivity contribution in [1.29, 1.82) is 0 Å². The average molecular weight is 192 g/mol. The molecule has 0 aromatic rings. The fourth-order valence-corrected chi connectivity index (χ4v) is 1.18. The van der Waals surface area contributed by atoms with Crippen LogP contribution < -0.4 is 0 Å². The van der Waals surface area contributed by atoms with Crippen LogP contribution in [0.3, 0.4) is 0 Å². The summed E-state index contributed by atoms with van der Waals surface area (Å²) in [6.07, 6.45) is -6.10. The molecule has 6 nitrogen and oxygen atoms in total. The largest absolute Gasteiger partial charge is 0.387 e. The summed E-state index contributed by atoms with van der Waals surface area (Å²) < 4.78 is 9.48. The van der Waals surface area contributed by atoms with Gasteiger partial charge >= 0.3 is 0 Å². The van der Waals surface area contributed by atoms with Crippen LogP contribution in [0.25, 0.3) is 0 Å². The quantitative estimate of drug-likeness (QED) is 0.423. The van der Waals surface area contributed by atoms with Gasteiger partial charge in [-0.2, -0.15) is 0 Å². The van der Waals surface area contributed by atoms with Crippen molar-refractivity contribution in [3.63, 3.8) is 0 Å². The van der Waals surface area contributed by atoms with Crippen molar-refractivity contribution in [2.24, 2.45) is 0 Å². The Bertz CT molecular complexity index is 182. The molecule has 1 rings (SSSR count). The van der Waals surface area contributed by atoms with Crippen molar-refractivity contribution in [2.75, 3.05) is 7.11 Å². The second-order valence-electron chi connectivity index (χ2n) is 2.81. The maximum absolute atomic E-state index is 10.4. The van der Waals surface area contributed by atoms with Gasteiger partial charge in [0.2, 0.25) is 0 Å². The SMILES string of the molecule is CO[C@H]1O[C@H](C=O)[C@H](O)[C@@H](O)[C@H]1O. The zero-order valence-electron chi connectivity index (χ0n) is 7.03. The van der Waals surface area contributed by atoms with Gasteiger partial charge in [0.1, 0.15) is 24.4 Å². The fraction of sp³-hybridized carbons (Fsp3) is 0.857. The molecule has 0 unspecified atom stereocenters. The summed E-state index contributed by atoms with van der Waals surface area (Å²) >= 11 is 0. The van der Waals surface area contributed by atoms with E-state index in [9.17, 15) is 20.1 Å². The lowest BCUT2D eigenvalue weighted by Crippen LogP contribution is -2.58. The average Bonchev–Trinajstić information content (AvgIpc) is 2.15. The van der Waals surface area contributed by atoms with Crippen molar-refractivity contribution < 1.29 is 29.6 Å². The standard InChI is InChI=1S/C7H12O6/c1-12-7-6(11)5(10)4(9)3(2-8)13-7/h2-7,9-11H,1H3/t3-,4+,5-,6-,7+/m1/s1. The molecule has 13 heavy (non-hydrogen) atoms. The molecule has 0 saturated carbocycles. The molecule has 0 aromatic carbocycles. The van der Waals surface area contributed by atoms with E-state index in [1.165, 1.54) is 7.11 Å². The summed E-state index contributed by atoms with van der Waals surface area (Å²) in [6.45, 7) is 0. The number of methoxy groups -OCH3 is 1. The highest BCUT2D eigenvalue weighted by Crippen LogP contribution is 2.20. The highest BCUT2D eigenvalue weighted by Gasteiger charge is 2.43. The van der Waals surface area contributed by atoms with E-state index >= 15 is 0 Å². The molecule has 1 aliphatic rings. The number of ether oxygens (including phenoxy) is 2. The third kappa shape index (κ3) is 1.87. The number of aliphatic hydroxyl groups is 3. The first-order valence-corrected chi connectivity index (χ1v) is 3.79. The van der Waals surface area contributed by atoms with Gasteiger partial charge in [0.25, 0.3) is 0 Å². The van der Waals surface area contributed by atoms with E-state index in [-0.39, 0.29) is 0 Å². The number of carbonyl (C=O) groups excluding carboxylic acids is 1. The molecule has 5 atom stereocenters. The summed E-state index contributed by atoms with van der Waals surface area (Å²) in [6, 6.07) is 0. The van der Waals surface area contributed by atoms with E-state index in [1.54, 1.807) is 0 Å². The minimum Gasteiger partial charge on any atom is -0.387 e. The molecule has 0 spiro atoms. The molecule has 0 aromatic heterocycles. The lowest BCUT2D eigenvalue weighted by Gasteiger charge is -2.37. The van der Waals surface area contributed by atoms with Crippen LogP contribution in [-0.2, 0) is 14.3 Å². The van der Waals surface area contributed by atoms with Gasteiger partial charge in [-0.1, -0.05) is 0 Å². The summed E-state index contributed by atoms with van der Waals surface area (Å²) in [5.41, 5.74) is 0. The van der Waals surface area contributed by atoms with Gasteiger partial charge < -0.3 is 29.6 Å². The number of carbonyl (C=O) groups is 1. The van der Waals surface area contributed by atoms with E-state index < -0.39 is 30.7 Å². The monoisotopic (exact) mass is 192 g/mol. The summed E-state index contributed by atoms with van der Waals surface area (Å²) in [5, 5.41) is 27.7. The van der Waals surface area contributed by atoms with Crippen LogP contribution in [0.5, 0.6) is 0 Å². The molecule has 3 N–H and O–H groups in total. The van der Waals surface area contributed by atoms with Crippen LogP contribution in [0.4, 0.5) is 0 Å². The number of hydrogen-bond donors (Lipinski definition) is 3. The Kier molecular flexibility index (Phi) is 3.34. The number of hydrogen-bond acceptors (Lipinski definition) is 6. The molecule has 0 amide bonds. The molecule has 1 saturated heterocycles. The first kappa shape index (κ1) is 10.6. The molecule has 0 aliphatic carbocycles. The zero-order chi connectivity index (χ0) is 10.0. The van der Waals surface area contributed by atoms with Gasteiger partial charge in [-0.15, -0.1) is 0 Å². The highest BCUT2D eigenvalue weighted by atomic mass is 16.7. The molecule has 0 radical (unpaired) electrons. The molecular weight excluding hydrogens is 180 g/mol. The van der Waals surface area contributed by atoms with Crippen molar-refractivity contribution in [3.8, 4) is 0 Å². The van der Waals surface area contributed by atoms with Crippen LogP contribution in [0.15, 0.2) is 0 Å². The van der Waals surface area contributed by atoms with Gasteiger partial charge in [0, 0.05) is 7.11 Å². The van der Waals surface area contributed by atoms with E-state index in [1.807, 2.05) is 0 Å². The zero-order valence-corrected chi connectivity index (χ0v) is 7.03. The Morgan fingerprint density at radius 2 is 1.85 bits per heavy atom. The maximum Gasteiger partial charge on any atom is 0.186 e. The number of aldehydes is 1. The molecule has 1 fully saturated rings. The van der Waals surface area contributed by atoms with Crippen LogP contribution in [0.1, 0.15) is 0 Å². The Hall–Kier alpha value is -0.530. The second kappa shape index (κ2) is 4.12. The second-order valence-corrected chi connectivity index (χ2v) is 2.81. The molecule has 1 heterocycles. The van der Waals surface area contributed by atoms with Gasteiger partial charge in [0.15, 0.2) is 12.6 Å². The molecular formula is C7H12O6. The van der Waals surface area contributed by atoms with Crippen molar-refractivity contribution in [2.45, 2.75) is 30.7 Å². The van der Waals surface area contributed by atoms with Gasteiger partial charge in [-0.05, 0) is 0 Å². The Labute approximate surface area is 74.7 Å². The fourth-order valence-electron chi connectivity index (χ4n) is 1.18. The summed E-state index contributed by atoms with van der Waals surface area (Å²) in [4.78, 5) is 10.4. The molecule has 76 valence electrons. The third-order valence-electron chi connectivity index (χ3n) is 1.97. The normalized spacial score (nSPS) is 46.0. The Balaban J connectivity index is 2.71. The summed E-state index contributed by atoms with van der Waals surface area (Å²) in [5.74, 6) is 0. The Morgan fingerprint density at radius 1 is 1.23 bits per heavy atom. The van der Waals surface area contributed by atoms with E-state index in [0.29, 0.717) is 6.29 Å². The maximum atomic E-state index is 10.4. The molecule has 0 bridgehead atoms. The first-order valence-electron chi connectivity index (χ1n) is 3.79. The van der Waals surface area contributed by atoms with Crippen LogP contribution in [0.2, 0.25) is 0 Å². The van der Waals surface area contributed by atoms with E-state index in [4.69, 9.17) is 4.74 Å². The van der Waals surface area contributed by atoms with Crippen LogP contribution in [-0.4, -0.2) is 59.4 Å². The minimum atomic E-state index is -1.44. The summed E-state index contributed by atoms with van der Waals surface area (Å²) in [7, 11) is 1.26. The van der Waals surface area contributed by atoms with Crippen molar-refractivity contribution in [1.82, 2.24) is 0 Å². The number of rotatable bonds is 2. The first-order chi connectivity index (χ1) is 6.11. The molecule has 6 heteroatoms. The number of aliphatic hydroxyl groups excluding tert-OH is 3. The van der Waals surface area contributed by atoms with E-state index in [2.05, 4.69) is 4.74 Å². The minimum absolute atomic E-state index is 0.353. The van der Waals surface area contributed by atoms with Crippen LogP contribution >= 0.6 is 0 Å². The van der Waals surface area contributed by atoms with Gasteiger partial charge in [0.05, 0.1) is 0 Å². The van der Waals surface area contributed by atoms with Gasteiger partial charge in [-0.25, -0.2) is 0 Å². The van der Waals surface area contributed by atoms with Gasteiger partial charge in [-0.3, -0.25) is 0 Å². The van der Waals surface area contributed by atoms with E-state index in [0.717, 1.165) is 0 Å². The molecule has 1 aliphatic heterocycles. The van der Waals surface area contributed by atoms with Crippen molar-refractivity contribution in [3.05, 3.63) is 0 Å². The lowest BCUT2D eigenvalue weighted by atomic mass is 10.00. The predicted octanol–water partition coefficient (Wildman–Crippen LogP) is -2.36. The third-order valence-corrected chi connectivity index (χ3v) is 1.97. The highest BCUT2D eigenvalue weighted by molar-refractivity contribution is 5.57.